The predicted molar refractivity (Wildman–Crippen MR) is 102 cm³/mol. The number of oxazole rings is 1. The molecule has 2 amide bonds. The maximum atomic E-state index is 13.0. The van der Waals surface area contributed by atoms with E-state index in [0.717, 1.165) is 19.3 Å². The van der Waals surface area contributed by atoms with Crippen molar-refractivity contribution in [2.45, 2.75) is 32.1 Å². The number of carbonyl (C=O) groups excluding carboxylic acids is 2. The lowest BCUT2D eigenvalue weighted by Gasteiger charge is -2.05. The van der Waals surface area contributed by atoms with Crippen LogP contribution in [0.25, 0.3) is 11.3 Å². The molecule has 0 radical (unpaired) electrons. The van der Waals surface area contributed by atoms with Crippen LogP contribution in [-0.2, 0) is 24.1 Å². The summed E-state index contributed by atoms with van der Waals surface area (Å²) < 4.78 is 18.6. The van der Waals surface area contributed by atoms with E-state index in [4.69, 9.17) is 4.42 Å². The van der Waals surface area contributed by atoms with E-state index in [1.54, 1.807) is 12.1 Å². The number of thiophene rings is 1. The van der Waals surface area contributed by atoms with Gasteiger partial charge in [0, 0.05) is 23.3 Å². The molecule has 1 aromatic carbocycles. The Morgan fingerprint density at radius 3 is 2.79 bits per heavy atom. The van der Waals surface area contributed by atoms with Gasteiger partial charge in [-0.15, -0.1) is 11.3 Å². The van der Waals surface area contributed by atoms with Crippen molar-refractivity contribution >= 4 is 23.2 Å². The van der Waals surface area contributed by atoms with Crippen molar-refractivity contribution in [1.29, 1.82) is 0 Å². The van der Waals surface area contributed by atoms with E-state index in [1.807, 2.05) is 6.07 Å². The SMILES string of the molecule is O=C(CCc1ncc(-c2ccc(F)cc2)o1)NNC(=O)c1cc2c(s1)CCC2. The monoisotopic (exact) mass is 399 g/mol. The molecule has 2 aromatic heterocycles. The summed E-state index contributed by atoms with van der Waals surface area (Å²) in [5.41, 5.74) is 6.81. The largest absolute Gasteiger partial charge is 0.441 e. The third kappa shape index (κ3) is 4.12. The first-order valence-corrected chi connectivity index (χ1v) is 9.81. The number of hydrazine groups is 1. The molecule has 3 aromatic rings. The number of amides is 2. The van der Waals surface area contributed by atoms with Crippen LogP contribution in [0.15, 0.2) is 40.9 Å². The van der Waals surface area contributed by atoms with Gasteiger partial charge in [-0.1, -0.05) is 0 Å². The second-order valence-electron chi connectivity index (χ2n) is 6.54. The number of nitrogens with one attached hydrogen (secondary N) is 2. The molecule has 28 heavy (non-hydrogen) atoms. The van der Waals surface area contributed by atoms with Gasteiger partial charge in [-0.25, -0.2) is 9.37 Å². The van der Waals surface area contributed by atoms with Crippen LogP contribution in [0, 0.1) is 5.82 Å². The quantitative estimate of drug-likeness (QED) is 0.644. The Morgan fingerprint density at radius 2 is 2.00 bits per heavy atom. The van der Waals surface area contributed by atoms with Crippen LogP contribution < -0.4 is 10.9 Å². The topological polar surface area (TPSA) is 84.2 Å². The molecule has 0 saturated heterocycles. The van der Waals surface area contributed by atoms with Gasteiger partial charge in [0.2, 0.25) is 5.91 Å². The third-order valence-corrected chi connectivity index (χ3v) is 5.77. The molecule has 0 spiro atoms. The molecule has 8 heteroatoms. The molecule has 0 saturated carbocycles. The summed E-state index contributed by atoms with van der Waals surface area (Å²) >= 11 is 1.48. The minimum absolute atomic E-state index is 0.116. The number of aromatic nitrogens is 1. The number of fused-ring (bicyclic) bond motifs is 1. The number of hydrogen-bond acceptors (Lipinski definition) is 5. The summed E-state index contributed by atoms with van der Waals surface area (Å²) in [6.45, 7) is 0. The van der Waals surface area contributed by atoms with Gasteiger partial charge in [-0.2, -0.15) is 0 Å². The highest BCUT2D eigenvalue weighted by Gasteiger charge is 2.18. The zero-order valence-corrected chi connectivity index (χ0v) is 15.8. The lowest BCUT2D eigenvalue weighted by molar-refractivity contribution is -0.121. The van der Waals surface area contributed by atoms with E-state index in [9.17, 15) is 14.0 Å². The predicted octanol–water partition coefficient (Wildman–Crippen LogP) is 3.42. The summed E-state index contributed by atoms with van der Waals surface area (Å²) in [7, 11) is 0. The number of benzene rings is 1. The normalized spacial score (nSPS) is 12.6. The summed E-state index contributed by atoms with van der Waals surface area (Å²) in [5, 5.41) is 0. The fraction of sp³-hybridized carbons (Fsp3) is 0.250. The average Bonchev–Trinajstić information content (AvgIpc) is 3.41. The summed E-state index contributed by atoms with van der Waals surface area (Å²) in [5.74, 6) is -0.0549. The van der Waals surface area contributed by atoms with Crippen LogP contribution in [0.4, 0.5) is 4.39 Å². The molecule has 0 unspecified atom stereocenters. The number of rotatable bonds is 5. The first-order chi connectivity index (χ1) is 13.6. The van der Waals surface area contributed by atoms with Gasteiger partial charge in [-0.3, -0.25) is 20.4 Å². The van der Waals surface area contributed by atoms with E-state index >= 15 is 0 Å². The van der Waals surface area contributed by atoms with Gasteiger partial charge in [0.25, 0.3) is 5.91 Å². The van der Waals surface area contributed by atoms with E-state index in [0.29, 0.717) is 22.1 Å². The van der Waals surface area contributed by atoms with Gasteiger partial charge in [-0.05, 0) is 55.2 Å². The fourth-order valence-corrected chi connectivity index (χ4v) is 4.23. The van der Waals surface area contributed by atoms with Crippen LogP contribution in [-0.4, -0.2) is 16.8 Å². The molecule has 1 aliphatic carbocycles. The van der Waals surface area contributed by atoms with Crippen LogP contribution >= 0.6 is 11.3 Å². The average molecular weight is 399 g/mol. The molecule has 0 atom stereocenters. The zero-order valence-electron chi connectivity index (χ0n) is 15.0. The first kappa shape index (κ1) is 18.4. The molecular formula is C20H18FN3O3S. The van der Waals surface area contributed by atoms with E-state index < -0.39 is 0 Å². The van der Waals surface area contributed by atoms with Crippen LogP contribution in [0.1, 0.15) is 38.8 Å². The van der Waals surface area contributed by atoms with Crippen LogP contribution in [0.5, 0.6) is 0 Å². The molecule has 6 nitrogen and oxygen atoms in total. The minimum atomic E-state index is -0.334. The first-order valence-electron chi connectivity index (χ1n) is 9.00. The second-order valence-corrected chi connectivity index (χ2v) is 7.68. The smallest absolute Gasteiger partial charge is 0.279 e. The Balaban J connectivity index is 1.25. The number of halogens is 1. The van der Waals surface area contributed by atoms with E-state index in [-0.39, 0.29) is 30.5 Å². The Bertz CT molecular complexity index is 989. The lowest BCUT2D eigenvalue weighted by atomic mass is 10.2. The second kappa shape index (κ2) is 7.93. The van der Waals surface area contributed by atoms with Gasteiger partial charge in [0.05, 0.1) is 11.1 Å². The highest BCUT2D eigenvalue weighted by atomic mass is 32.1. The van der Waals surface area contributed by atoms with Gasteiger partial charge in [0.1, 0.15) is 5.82 Å². The number of nitrogens with zero attached hydrogens (tertiary/aromatic N) is 1. The number of carbonyl (C=O) groups is 2. The van der Waals surface area contributed by atoms with Crippen LogP contribution in [0.2, 0.25) is 0 Å². The van der Waals surface area contributed by atoms with Crippen molar-refractivity contribution in [1.82, 2.24) is 15.8 Å². The fourth-order valence-electron chi connectivity index (χ4n) is 3.09. The minimum Gasteiger partial charge on any atom is -0.441 e. The maximum Gasteiger partial charge on any atom is 0.279 e. The molecule has 0 fully saturated rings. The lowest BCUT2D eigenvalue weighted by Crippen LogP contribution is -2.41. The Hall–Kier alpha value is -3.00. The zero-order chi connectivity index (χ0) is 19.5. The van der Waals surface area contributed by atoms with Crippen molar-refractivity contribution < 1.29 is 18.4 Å². The van der Waals surface area contributed by atoms with Gasteiger partial charge in [0.15, 0.2) is 11.7 Å². The van der Waals surface area contributed by atoms with Crippen molar-refractivity contribution in [2.24, 2.45) is 0 Å². The molecule has 1 aliphatic rings. The Labute approximate surface area is 164 Å². The molecule has 2 N–H and O–H groups in total. The molecule has 0 aliphatic heterocycles. The van der Waals surface area contributed by atoms with Crippen LogP contribution in [0.3, 0.4) is 0 Å². The number of hydrogen-bond donors (Lipinski definition) is 2. The Morgan fingerprint density at radius 1 is 1.18 bits per heavy atom. The van der Waals surface area contributed by atoms with E-state index in [1.165, 1.54) is 40.1 Å². The number of aryl methyl sites for hydroxylation is 3. The Kier molecular flexibility index (Phi) is 5.21. The van der Waals surface area contributed by atoms with E-state index in [2.05, 4.69) is 15.8 Å². The highest BCUT2D eigenvalue weighted by molar-refractivity contribution is 7.14. The molecule has 144 valence electrons. The molecule has 4 rings (SSSR count). The summed E-state index contributed by atoms with van der Waals surface area (Å²) in [6, 6.07) is 7.79. The maximum absolute atomic E-state index is 13.0. The molecule has 2 heterocycles. The standard InChI is InChI=1S/C20H18FN3O3S/c21-14-6-4-12(5-7-14)15-11-22-19(27-15)9-8-18(25)23-24-20(26)17-10-13-2-1-3-16(13)28-17/h4-7,10-11H,1-3,8-9H2,(H,23,25)(H,24,26). The molecule has 0 bridgehead atoms. The van der Waals surface area contributed by atoms with Gasteiger partial charge >= 0.3 is 0 Å². The highest BCUT2D eigenvalue weighted by Crippen LogP contribution is 2.30. The third-order valence-electron chi connectivity index (χ3n) is 4.53. The van der Waals surface area contributed by atoms with Gasteiger partial charge < -0.3 is 4.42 Å². The summed E-state index contributed by atoms with van der Waals surface area (Å²) in [6.07, 6.45) is 5.12. The molecular weight excluding hydrogens is 381 g/mol. The van der Waals surface area contributed by atoms with Crippen molar-refractivity contribution in [2.75, 3.05) is 0 Å². The van der Waals surface area contributed by atoms with Crippen molar-refractivity contribution in [3.05, 3.63) is 63.6 Å². The van der Waals surface area contributed by atoms with Crippen molar-refractivity contribution in [3.8, 4) is 11.3 Å². The van der Waals surface area contributed by atoms with Crippen molar-refractivity contribution in [3.63, 3.8) is 0 Å². The summed E-state index contributed by atoms with van der Waals surface area (Å²) in [4.78, 5) is 30.1.